The first-order valence-corrected chi connectivity index (χ1v) is 7.39. The first-order chi connectivity index (χ1) is 11.0. The van der Waals surface area contributed by atoms with E-state index >= 15 is 0 Å². The van der Waals surface area contributed by atoms with Gasteiger partial charge >= 0.3 is 0 Å². The highest BCUT2D eigenvalue weighted by Gasteiger charge is 2.06. The molecule has 0 aliphatic heterocycles. The number of aryl methyl sites for hydroxylation is 2. The Balaban J connectivity index is 2.00. The van der Waals surface area contributed by atoms with Gasteiger partial charge in [0.1, 0.15) is 0 Å². The van der Waals surface area contributed by atoms with Gasteiger partial charge in [-0.25, -0.2) is 5.43 Å². The Kier molecular flexibility index (Phi) is 5.27. The summed E-state index contributed by atoms with van der Waals surface area (Å²) in [6, 6.07) is 15.2. The molecule has 0 aliphatic rings. The van der Waals surface area contributed by atoms with E-state index in [2.05, 4.69) is 22.7 Å². The molecule has 0 bridgehead atoms. The zero-order valence-corrected chi connectivity index (χ0v) is 13.6. The highest BCUT2D eigenvalue weighted by molar-refractivity contribution is 5.99. The Morgan fingerprint density at radius 3 is 2.48 bits per heavy atom. The molecule has 2 aromatic carbocycles. The van der Waals surface area contributed by atoms with E-state index in [0.29, 0.717) is 17.7 Å². The van der Waals surface area contributed by atoms with Gasteiger partial charge in [-0.05, 0) is 49.6 Å². The lowest BCUT2D eigenvalue weighted by atomic mass is 10.0. The quantitative estimate of drug-likeness (QED) is 0.696. The van der Waals surface area contributed by atoms with Crippen LogP contribution in [0.5, 0.6) is 0 Å². The Bertz CT molecular complexity index is 783. The van der Waals surface area contributed by atoms with Gasteiger partial charge in [0.05, 0.1) is 23.8 Å². The molecule has 0 radical (unpaired) electrons. The van der Waals surface area contributed by atoms with Crippen LogP contribution >= 0.6 is 0 Å². The van der Waals surface area contributed by atoms with Crippen LogP contribution in [-0.2, 0) is 11.2 Å². The van der Waals surface area contributed by atoms with Gasteiger partial charge in [0.2, 0.25) is 5.91 Å². The minimum atomic E-state index is -0.148. The van der Waals surface area contributed by atoms with E-state index in [-0.39, 0.29) is 5.91 Å². The summed E-state index contributed by atoms with van der Waals surface area (Å²) in [4.78, 5) is 12.0. The van der Waals surface area contributed by atoms with Crippen molar-refractivity contribution in [2.75, 3.05) is 0 Å². The molecule has 4 heteroatoms. The number of hydrazone groups is 1. The first-order valence-electron chi connectivity index (χ1n) is 7.39. The molecule has 0 fully saturated rings. The summed E-state index contributed by atoms with van der Waals surface area (Å²) in [5, 5.41) is 12.9. The Morgan fingerprint density at radius 2 is 1.87 bits per heavy atom. The fraction of sp³-hybridized carbons (Fsp3) is 0.211. The number of carbonyl (C=O) groups excluding carboxylic acids is 1. The van der Waals surface area contributed by atoms with Crippen LogP contribution in [-0.4, -0.2) is 11.6 Å². The maximum atomic E-state index is 12.0. The van der Waals surface area contributed by atoms with Crippen LogP contribution in [0.15, 0.2) is 47.6 Å². The predicted octanol–water partition coefficient (Wildman–Crippen LogP) is 3.26. The summed E-state index contributed by atoms with van der Waals surface area (Å²) in [7, 11) is 0. The predicted molar refractivity (Wildman–Crippen MR) is 91.1 cm³/mol. The number of nitrogens with one attached hydrogen (secondary N) is 1. The molecule has 4 nitrogen and oxygen atoms in total. The topological polar surface area (TPSA) is 65.2 Å². The van der Waals surface area contributed by atoms with Crippen LogP contribution in [0.2, 0.25) is 0 Å². The third kappa shape index (κ3) is 4.52. The lowest BCUT2D eigenvalue weighted by molar-refractivity contribution is -0.120. The van der Waals surface area contributed by atoms with Crippen molar-refractivity contribution in [1.29, 1.82) is 5.26 Å². The van der Waals surface area contributed by atoms with Crippen molar-refractivity contribution in [2.45, 2.75) is 27.2 Å². The maximum absolute atomic E-state index is 12.0. The van der Waals surface area contributed by atoms with Crippen molar-refractivity contribution >= 4 is 11.6 Å². The van der Waals surface area contributed by atoms with Gasteiger partial charge in [-0.15, -0.1) is 0 Å². The van der Waals surface area contributed by atoms with Crippen LogP contribution in [0.1, 0.15) is 34.7 Å². The fourth-order valence-corrected chi connectivity index (χ4v) is 2.25. The Morgan fingerprint density at radius 1 is 1.17 bits per heavy atom. The second-order valence-electron chi connectivity index (χ2n) is 5.53. The van der Waals surface area contributed by atoms with E-state index in [1.165, 1.54) is 5.56 Å². The molecule has 0 aliphatic carbocycles. The largest absolute Gasteiger partial charge is 0.273 e. The van der Waals surface area contributed by atoms with Gasteiger partial charge in [-0.1, -0.05) is 35.9 Å². The molecular formula is C19H19N3O. The number of amides is 1. The summed E-state index contributed by atoms with van der Waals surface area (Å²) in [6.45, 7) is 5.85. The molecule has 0 aromatic heterocycles. The first kappa shape index (κ1) is 16.4. The standard InChI is InChI=1S/C19H19N3O/c1-13-4-7-18(14(2)10-13)11-19(23)22-21-15(3)17-8-5-16(12-20)6-9-17/h4-10H,11H2,1-3H3,(H,22,23)/b21-15+. The average molecular weight is 305 g/mol. The molecule has 0 unspecified atom stereocenters. The SMILES string of the molecule is C/C(=N\NC(=O)Cc1ccc(C)cc1C)c1ccc(C#N)cc1. The van der Waals surface area contributed by atoms with Crippen LogP contribution in [0.25, 0.3) is 0 Å². The van der Waals surface area contributed by atoms with Crippen molar-refractivity contribution < 1.29 is 4.79 Å². The van der Waals surface area contributed by atoms with Gasteiger partial charge in [0.15, 0.2) is 0 Å². The molecule has 0 saturated carbocycles. The summed E-state index contributed by atoms with van der Waals surface area (Å²) >= 11 is 0. The molecule has 1 amide bonds. The van der Waals surface area contributed by atoms with Crippen LogP contribution in [0.3, 0.4) is 0 Å². The molecule has 1 N–H and O–H groups in total. The van der Waals surface area contributed by atoms with E-state index in [1.807, 2.05) is 45.0 Å². The summed E-state index contributed by atoms with van der Waals surface area (Å²) in [5.41, 5.74) is 8.04. The van der Waals surface area contributed by atoms with E-state index in [1.54, 1.807) is 12.1 Å². The van der Waals surface area contributed by atoms with Gasteiger partial charge in [-0.2, -0.15) is 10.4 Å². The zero-order valence-electron chi connectivity index (χ0n) is 13.6. The van der Waals surface area contributed by atoms with Crippen molar-refractivity contribution in [3.63, 3.8) is 0 Å². The fourth-order valence-electron chi connectivity index (χ4n) is 2.25. The number of benzene rings is 2. The van der Waals surface area contributed by atoms with Crippen molar-refractivity contribution in [2.24, 2.45) is 5.10 Å². The number of hydrogen-bond acceptors (Lipinski definition) is 3. The second kappa shape index (κ2) is 7.37. The molecular weight excluding hydrogens is 286 g/mol. The highest BCUT2D eigenvalue weighted by Crippen LogP contribution is 2.11. The minimum Gasteiger partial charge on any atom is -0.273 e. The summed E-state index contributed by atoms with van der Waals surface area (Å²) in [6.07, 6.45) is 0.302. The highest BCUT2D eigenvalue weighted by atomic mass is 16.2. The van der Waals surface area contributed by atoms with Crippen molar-refractivity contribution in [1.82, 2.24) is 5.43 Å². The van der Waals surface area contributed by atoms with Crippen molar-refractivity contribution in [3.05, 3.63) is 70.3 Å². The van der Waals surface area contributed by atoms with Gasteiger partial charge < -0.3 is 0 Å². The third-order valence-corrected chi connectivity index (χ3v) is 3.63. The molecule has 2 rings (SSSR count). The summed E-state index contributed by atoms with van der Waals surface area (Å²) in [5.74, 6) is -0.148. The molecule has 0 heterocycles. The number of nitriles is 1. The van der Waals surface area contributed by atoms with Crippen LogP contribution in [0.4, 0.5) is 0 Å². The number of nitrogens with zero attached hydrogens (tertiary/aromatic N) is 2. The smallest absolute Gasteiger partial charge is 0.244 e. The molecule has 116 valence electrons. The molecule has 0 atom stereocenters. The van der Waals surface area contributed by atoms with Gasteiger partial charge in [0, 0.05) is 0 Å². The Labute approximate surface area is 136 Å². The Hall–Kier alpha value is -2.93. The molecule has 2 aromatic rings. The number of rotatable bonds is 4. The average Bonchev–Trinajstić information content (AvgIpc) is 2.55. The number of hydrogen-bond donors (Lipinski definition) is 1. The lowest BCUT2D eigenvalue weighted by Crippen LogP contribution is -2.21. The van der Waals surface area contributed by atoms with Gasteiger partial charge in [0.25, 0.3) is 0 Å². The van der Waals surface area contributed by atoms with E-state index < -0.39 is 0 Å². The zero-order chi connectivity index (χ0) is 16.8. The summed E-state index contributed by atoms with van der Waals surface area (Å²) < 4.78 is 0. The third-order valence-electron chi connectivity index (χ3n) is 3.63. The van der Waals surface area contributed by atoms with E-state index in [9.17, 15) is 4.79 Å². The lowest BCUT2D eigenvalue weighted by Gasteiger charge is -2.07. The molecule has 0 saturated heterocycles. The second-order valence-corrected chi connectivity index (χ2v) is 5.53. The van der Waals surface area contributed by atoms with Crippen LogP contribution < -0.4 is 5.43 Å². The van der Waals surface area contributed by atoms with E-state index in [4.69, 9.17) is 5.26 Å². The monoisotopic (exact) mass is 305 g/mol. The molecule has 23 heavy (non-hydrogen) atoms. The van der Waals surface area contributed by atoms with Crippen LogP contribution in [0, 0.1) is 25.2 Å². The van der Waals surface area contributed by atoms with E-state index in [0.717, 1.165) is 16.7 Å². The minimum absolute atomic E-state index is 0.148. The maximum Gasteiger partial charge on any atom is 0.244 e. The molecule has 0 spiro atoms. The normalized spacial score (nSPS) is 11.0. The van der Waals surface area contributed by atoms with Gasteiger partial charge in [-0.3, -0.25) is 4.79 Å². The van der Waals surface area contributed by atoms with Crippen molar-refractivity contribution in [3.8, 4) is 6.07 Å². The number of carbonyl (C=O) groups is 1.